The standard InChI is InChI=1S/C19H38O3.Na.H/c1-2-3-4-5-6-7-8-9-10-11-12-13-15-21-17-19-18(20)14-16-22-19;;/h18-20H,2-17H2,1H3;;/q;+1;-1. The first-order chi connectivity index (χ1) is 10.8. The molecule has 23 heavy (non-hydrogen) atoms. The van der Waals surface area contributed by atoms with Gasteiger partial charge in [-0.1, -0.05) is 77.6 Å². The van der Waals surface area contributed by atoms with Gasteiger partial charge in [-0.2, -0.15) is 0 Å². The molecule has 0 aromatic heterocycles. The minimum atomic E-state index is -0.318. The second-order valence-electron chi connectivity index (χ2n) is 6.73. The normalized spacial score (nSPS) is 20.6. The number of unbranched alkanes of at least 4 members (excludes halogenated alkanes) is 11. The van der Waals surface area contributed by atoms with Crippen LogP contribution in [0.5, 0.6) is 0 Å². The third-order valence-corrected chi connectivity index (χ3v) is 4.60. The summed E-state index contributed by atoms with van der Waals surface area (Å²) in [5.41, 5.74) is 0. The summed E-state index contributed by atoms with van der Waals surface area (Å²) in [6.45, 7) is 4.31. The average Bonchev–Trinajstić information content (AvgIpc) is 2.93. The molecule has 0 aromatic carbocycles. The van der Waals surface area contributed by atoms with E-state index in [0.717, 1.165) is 19.4 Å². The Bertz CT molecular complexity index is 245. The Morgan fingerprint density at radius 1 is 0.913 bits per heavy atom. The van der Waals surface area contributed by atoms with Gasteiger partial charge in [-0.3, -0.25) is 0 Å². The Morgan fingerprint density at radius 3 is 1.91 bits per heavy atom. The maximum atomic E-state index is 9.59. The molecule has 1 heterocycles. The molecule has 0 aromatic rings. The van der Waals surface area contributed by atoms with Crippen molar-refractivity contribution >= 4 is 0 Å². The van der Waals surface area contributed by atoms with Gasteiger partial charge in [-0.05, 0) is 12.8 Å². The van der Waals surface area contributed by atoms with E-state index >= 15 is 0 Å². The summed E-state index contributed by atoms with van der Waals surface area (Å²) in [5, 5.41) is 9.59. The predicted octanol–water partition coefficient (Wildman–Crippen LogP) is 1.97. The summed E-state index contributed by atoms with van der Waals surface area (Å²) < 4.78 is 11.0. The second-order valence-corrected chi connectivity index (χ2v) is 6.73. The summed E-state index contributed by atoms with van der Waals surface area (Å²) >= 11 is 0. The molecule has 1 saturated heterocycles. The molecule has 2 unspecified atom stereocenters. The van der Waals surface area contributed by atoms with Gasteiger partial charge >= 0.3 is 29.6 Å². The Labute approximate surface area is 167 Å². The van der Waals surface area contributed by atoms with E-state index in [1.54, 1.807) is 0 Å². The van der Waals surface area contributed by atoms with E-state index in [1.807, 2.05) is 0 Å². The number of aliphatic hydroxyl groups is 1. The van der Waals surface area contributed by atoms with Crippen molar-refractivity contribution in [3.05, 3.63) is 0 Å². The topological polar surface area (TPSA) is 38.7 Å². The van der Waals surface area contributed by atoms with E-state index in [9.17, 15) is 5.11 Å². The summed E-state index contributed by atoms with van der Waals surface area (Å²) in [4.78, 5) is 0. The fourth-order valence-corrected chi connectivity index (χ4v) is 3.04. The summed E-state index contributed by atoms with van der Waals surface area (Å²) in [7, 11) is 0. The molecule has 0 radical (unpaired) electrons. The zero-order valence-corrected chi connectivity index (χ0v) is 17.7. The van der Waals surface area contributed by atoms with Crippen LogP contribution in [0.25, 0.3) is 0 Å². The van der Waals surface area contributed by atoms with Crippen molar-refractivity contribution in [3.8, 4) is 0 Å². The number of hydrogen-bond donors (Lipinski definition) is 1. The van der Waals surface area contributed by atoms with Crippen molar-refractivity contribution in [1.82, 2.24) is 0 Å². The molecule has 3 nitrogen and oxygen atoms in total. The molecular formula is C19H39NaO3. The van der Waals surface area contributed by atoms with E-state index in [0.29, 0.717) is 13.2 Å². The van der Waals surface area contributed by atoms with Gasteiger partial charge < -0.3 is 16.0 Å². The molecule has 2 atom stereocenters. The number of aliphatic hydroxyl groups excluding tert-OH is 1. The van der Waals surface area contributed by atoms with Crippen molar-refractivity contribution in [2.45, 2.75) is 103 Å². The van der Waals surface area contributed by atoms with Gasteiger partial charge in [-0.25, -0.2) is 0 Å². The summed E-state index contributed by atoms with van der Waals surface area (Å²) in [6, 6.07) is 0. The Balaban J connectivity index is 0. The molecule has 0 spiro atoms. The maximum Gasteiger partial charge on any atom is 1.00 e. The molecular weight excluding hydrogens is 299 g/mol. The van der Waals surface area contributed by atoms with Crippen LogP contribution in [0.4, 0.5) is 0 Å². The molecule has 1 fully saturated rings. The SMILES string of the molecule is CCCCCCCCCCCCCCOCC1OCCC1O.[H-].[Na+]. The largest absolute Gasteiger partial charge is 1.00 e. The van der Waals surface area contributed by atoms with Crippen molar-refractivity contribution in [2.75, 3.05) is 19.8 Å². The van der Waals surface area contributed by atoms with Gasteiger partial charge in [0, 0.05) is 13.2 Å². The van der Waals surface area contributed by atoms with Crippen molar-refractivity contribution in [2.24, 2.45) is 0 Å². The van der Waals surface area contributed by atoms with Gasteiger partial charge in [0.1, 0.15) is 6.10 Å². The van der Waals surface area contributed by atoms with Crippen LogP contribution in [-0.4, -0.2) is 37.1 Å². The minimum Gasteiger partial charge on any atom is -1.00 e. The fraction of sp³-hybridized carbons (Fsp3) is 1.00. The molecule has 134 valence electrons. The number of hydrogen-bond acceptors (Lipinski definition) is 3. The third kappa shape index (κ3) is 13.8. The van der Waals surface area contributed by atoms with Gasteiger partial charge in [0.15, 0.2) is 0 Å². The predicted molar refractivity (Wildman–Crippen MR) is 93.4 cm³/mol. The number of ether oxygens (including phenoxy) is 2. The van der Waals surface area contributed by atoms with E-state index in [-0.39, 0.29) is 43.2 Å². The van der Waals surface area contributed by atoms with Gasteiger partial charge in [-0.15, -0.1) is 0 Å². The van der Waals surface area contributed by atoms with Crippen LogP contribution in [0, 0.1) is 0 Å². The monoisotopic (exact) mass is 338 g/mol. The van der Waals surface area contributed by atoms with E-state index in [1.165, 1.54) is 70.6 Å². The smallest absolute Gasteiger partial charge is 1.00 e. The first kappa shape index (κ1) is 23.9. The summed E-state index contributed by atoms with van der Waals surface area (Å²) in [6.07, 6.45) is 16.8. The maximum absolute atomic E-state index is 9.59. The quantitative estimate of drug-likeness (QED) is 0.366. The van der Waals surface area contributed by atoms with Gasteiger partial charge in [0.2, 0.25) is 0 Å². The average molecular weight is 339 g/mol. The van der Waals surface area contributed by atoms with Crippen molar-refractivity contribution in [3.63, 3.8) is 0 Å². The zero-order chi connectivity index (χ0) is 15.9. The number of rotatable bonds is 15. The van der Waals surface area contributed by atoms with E-state index in [2.05, 4.69) is 6.92 Å². The van der Waals surface area contributed by atoms with Crippen molar-refractivity contribution < 1.29 is 45.6 Å². The summed E-state index contributed by atoms with van der Waals surface area (Å²) in [5.74, 6) is 0. The molecule has 1 aliphatic heterocycles. The molecule has 0 aliphatic carbocycles. The second kappa shape index (κ2) is 17.7. The van der Waals surface area contributed by atoms with Crippen LogP contribution in [0.15, 0.2) is 0 Å². The van der Waals surface area contributed by atoms with Crippen LogP contribution in [0.2, 0.25) is 0 Å². The Hall–Kier alpha value is 0.880. The molecule has 0 amide bonds. The third-order valence-electron chi connectivity index (χ3n) is 4.60. The minimum absolute atomic E-state index is 0. The van der Waals surface area contributed by atoms with E-state index in [4.69, 9.17) is 9.47 Å². The molecule has 1 N–H and O–H groups in total. The van der Waals surface area contributed by atoms with Crippen LogP contribution >= 0.6 is 0 Å². The molecule has 0 saturated carbocycles. The van der Waals surface area contributed by atoms with Crippen molar-refractivity contribution in [1.29, 1.82) is 0 Å². The van der Waals surface area contributed by atoms with E-state index < -0.39 is 0 Å². The fourth-order valence-electron chi connectivity index (χ4n) is 3.04. The van der Waals surface area contributed by atoms with Crippen LogP contribution in [0.1, 0.15) is 91.8 Å². The molecule has 0 bridgehead atoms. The van der Waals surface area contributed by atoms with Gasteiger partial charge in [0.25, 0.3) is 0 Å². The first-order valence-electron chi connectivity index (χ1n) is 9.72. The molecule has 1 aliphatic rings. The zero-order valence-electron chi connectivity index (χ0n) is 16.7. The Kier molecular flexibility index (Phi) is 18.4. The first-order valence-corrected chi connectivity index (χ1v) is 9.72. The molecule has 4 heteroatoms. The van der Waals surface area contributed by atoms with Crippen LogP contribution in [0.3, 0.4) is 0 Å². The van der Waals surface area contributed by atoms with Gasteiger partial charge in [0.05, 0.1) is 12.7 Å². The van der Waals surface area contributed by atoms with Crippen LogP contribution in [-0.2, 0) is 9.47 Å². The molecule has 1 rings (SSSR count). The Morgan fingerprint density at radius 2 is 1.43 bits per heavy atom. The van der Waals surface area contributed by atoms with Crippen LogP contribution < -0.4 is 29.6 Å².